The molecule has 2 nitrogen and oxygen atoms in total. The standard InChI is InChI=1S/C17H27NOSi/c1-3-7-17(8-4-1)20(14-5-2-6-15-20)16-11-18-9-12-19-13-10-18/h1,3-4,7-8H,2,5-6,9-16H2. The van der Waals surface area contributed by atoms with Crippen LogP contribution in [0.15, 0.2) is 30.3 Å². The van der Waals surface area contributed by atoms with Gasteiger partial charge in [0.05, 0.1) is 21.3 Å². The quantitative estimate of drug-likeness (QED) is 0.790. The van der Waals surface area contributed by atoms with Gasteiger partial charge in [0.2, 0.25) is 0 Å². The van der Waals surface area contributed by atoms with Gasteiger partial charge in [-0.15, -0.1) is 0 Å². The molecule has 1 aromatic rings. The zero-order valence-corrected chi connectivity index (χ0v) is 13.5. The first-order valence-corrected chi connectivity index (χ1v) is 10.9. The Labute approximate surface area is 124 Å². The molecule has 0 aliphatic carbocycles. The molecule has 2 saturated heterocycles. The van der Waals surface area contributed by atoms with Gasteiger partial charge >= 0.3 is 0 Å². The Kier molecular flexibility index (Phi) is 4.92. The zero-order chi connectivity index (χ0) is 13.7. The average Bonchev–Trinajstić information content (AvgIpc) is 2.56. The number of hydrogen-bond acceptors (Lipinski definition) is 2. The van der Waals surface area contributed by atoms with Crippen molar-refractivity contribution in [1.29, 1.82) is 0 Å². The molecule has 20 heavy (non-hydrogen) atoms. The molecule has 0 spiro atoms. The molecule has 3 heteroatoms. The lowest BCUT2D eigenvalue weighted by atomic mass is 10.3. The monoisotopic (exact) mass is 289 g/mol. The van der Waals surface area contributed by atoms with Crippen molar-refractivity contribution in [1.82, 2.24) is 4.90 Å². The second kappa shape index (κ2) is 6.88. The second-order valence-electron chi connectivity index (χ2n) is 6.41. The van der Waals surface area contributed by atoms with E-state index >= 15 is 0 Å². The van der Waals surface area contributed by atoms with Crippen molar-refractivity contribution in [3.8, 4) is 0 Å². The Hall–Kier alpha value is -0.643. The summed E-state index contributed by atoms with van der Waals surface area (Å²) >= 11 is 0. The minimum atomic E-state index is -1.23. The number of nitrogens with zero attached hydrogens (tertiary/aromatic N) is 1. The fourth-order valence-corrected chi connectivity index (χ4v) is 9.01. The Morgan fingerprint density at radius 3 is 2.35 bits per heavy atom. The number of morpholine rings is 1. The number of ether oxygens (including phenoxy) is 1. The minimum absolute atomic E-state index is 0.930. The van der Waals surface area contributed by atoms with Crippen LogP contribution in [0.5, 0.6) is 0 Å². The Balaban J connectivity index is 1.69. The van der Waals surface area contributed by atoms with Gasteiger partial charge in [-0.1, -0.05) is 66.9 Å². The van der Waals surface area contributed by atoms with Crippen LogP contribution < -0.4 is 5.19 Å². The van der Waals surface area contributed by atoms with Crippen LogP contribution in [-0.2, 0) is 4.74 Å². The molecule has 2 heterocycles. The highest BCUT2D eigenvalue weighted by Gasteiger charge is 2.36. The van der Waals surface area contributed by atoms with Crippen LogP contribution >= 0.6 is 0 Å². The SMILES string of the molecule is c1ccc([Si]2(CCN3CCOCC3)CCCCC2)cc1. The van der Waals surface area contributed by atoms with E-state index in [1.807, 2.05) is 0 Å². The van der Waals surface area contributed by atoms with E-state index in [1.54, 1.807) is 5.19 Å². The van der Waals surface area contributed by atoms with E-state index in [-0.39, 0.29) is 0 Å². The van der Waals surface area contributed by atoms with Crippen LogP contribution in [0.1, 0.15) is 19.3 Å². The summed E-state index contributed by atoms with van der Waals surface area (Å²) in [7, 11) is -1.23. The molecule has 3 rings (SSSR count). The van der Waals surface area contributed by atoms with Crippen LogP contribution in [0.25, 0.3) is 0 Å². The molecule has 0 atom stereocenters. The number of benzene rings is 1. The Morgan fingerprint density at radius 1 is 0.950 bits per heavy atom. The highest BCUT2D eigenvalue weighted by atomic mass is 28.3. The topological polar surface area (TPSA) is 12.5 Å². The minimum Gasteiger partial charge on any atom is -0.379 e. The first-order valence-electron chi connectivity index (χ1n) is 8.25. The highest BCUT2D eigenvalue weighted by Crippen LogP contribution is 2.31. The van der Waals surface area contributed by atoms with E-state index < -0.39 is 8.07 Å². The van der Waals surface area contributed by atoms with Crippen molar-refractivity contribution >= 4 is 13.3 Å². The molecule has 2 aliphatic rings. The molecule has 0 N–H and O–H groups in total. The van der Waals surface area contributed by atoms with E-state index in [4.69, 9.17) is 4.74 Å². The third-order valence-electron chi connectivity index (χ3n) is 5.21. The lowest BCUT2D eigenvalue weighted by molar-refractivity contribution is 0.0403. The summed E-state index contributed by atoms with van der Waals surface area (Å²) in [5.41, 5.74) is 0. The molecular formula is C17H27NOSi. The van der Waals surface area contributed by atoms with Crippen molar-refractivity contribution < 1.29 is 4.74 Å². The predicted octanol–water partition coefficient (Wildman–Crippen LogP) is 2.86. The summed E-state index contributed by atoms with van der Waals surface area (Å²) in [6.07, 6.45) is 4.38. The summed E-state index contributed by atoms with van der Waals surface area (Å²) in [4.78, 5) is 2.62. The molecule has 2 aliphatic heterocycles. The third-order valence-corrected chi connectivity index (χ3v) is 10.6. The van der Waals surface area contributed by atoms with Gasteiger partial charge in [0, 0.05) is 13.1 Å². The maximum atomic E-state index is 5.47. The Morgan fingerprint density at radius 2 is 1.65 bits per heavy atom. The summed E-state index contributed by atoms with van der Waals surface area (Å²) in [6, 6.07) is 16.0. The van der Waals surface area contributed by atoms with Gasteiger partial charge < -0.3 is 4.74 Å². The van der Waals surface area contributed by atoms with Gasteiger partial charge in [0.15, 0.2) is 0 Å². The number of hydrogen-bond donors (Lipinski definition) is 0. The van der Waals surface area contributed by atoms with Crippen molar-refractivity contribution in [3.63, 3.8) is 0 Å². The lowest BCUT2D eigenvalue weighted by Crippen LogP contribution is -2.51. The van der Waals surface area contributed by atoms with Gasteiger partial charge in [-0.3, -0.25) is 4.90 Å². The van der Waals surface area contributed by atoms with Crippen molar-refractivity contribution in [2.45, 2.75) is 37.4 Å². The molecule has 0 saturated carbocycles. The van der Waals surface area contributed by atoms with Gasteiger partial charge in [-0.25, -0.2) is 0 Å². The summed E-state index contributed by atoms with van der Waals surface area (Å²) in [5, 5.41) is 1.72. The molecule has 0 bridgehead atoms. The maximum Gasteiger partial charge on any atom is 0.0879 e. The number of rotatable bonds is 4. The molecule has 110 valence electrons. The smallest absolute Gasteiger partial charge is 0.0879 e. The van der Waals surface area contributed by atoms with Gasteiger partial charge in [0.25, 0.3) is 0 Å². The third kappa shape index (κ3) is 3.33. The molecule has 2 fully saturated rings. The molecule has 0 aromatic heterocycles. The van der Waals surface area contributed by atoms with Crippen LogP contribution in [0, 0.1) is 0 Å². The van der Waals surface area contributed by atoms with Crippen LogP contribution in [-0.4, -0.2) is 45.8 Å². The predicted molar refractivity (Wildman–Crippen MR) is 87.4 cm³/mol. The highest BCUT2D eigenvalue weighted by molar-refractivity contribution is 6.92. The Bertz CT molecular complexity index is 397. The fourth-order valence-electron chi connectivity index (χ4n) is 3.90. The average molecular weight is 289 g/mol. The van der Waals surface area contributed by atoms with Crippen molar-refractivity contribution in [3.05, 3.63) is 30.3 Å². The van der Waals surface area contributed by atoms with Gasteiger partial charge in [-0.05, 0) is 12.6 Å². The van der Waals surface area contributed by atoms with E-state index in [9.17, 15) is 0 Å². The first-order chi connectivity index (χ1) is 9.89. The fraction of sp³-hybridized carbons (Fsp3) is 0.647. The van der Waals surface area contributed by atoms with Crippen LogP contribution in [0.4, 0.5) is 0 Å². The molecule has 0 radical (unpaired) electrons. The van der Waals surface area contributed by atoms with Crippen LogP contribution in [0.2, 0.25) is 18.1 Å². The normalized spacial score (nSPS) is 23.6. The maximum absolute atomic E-state index is 5.47. The molecule has 0 unspecified atom stereocenters. The molecule has 1 aromatic carbocycles. The molecule has 0 amide bonds. The van der Waals surface area contributed by atoms with Gasteiger partial charge in [0.1, 0.15) is 0 Å². The van der Waals surface area contributed by atoms with Crippen LogP contribution in [0.3, 0.4) is 0 Å². The first kappa shape index (κ1) is 14.3. The van der Waals surface area contributed by atoms with Gasteiger partial charge in [-0.2, -0.15) is 0 Å². The summed E-state index contributed by atoms with van der Waals surface area (Å²) in [5.74, 6) is 0. The van der Waals surface area contributed by atoms with E-state index in [2.05, 4.69) is 35.2 Å². The summed E-state index contributed by atoms with van der Waals surface area (Å²) < 4.78 is 5.47. The molecular weight excluding hydrogens is 262 g/mol. The van der Waals surface area contributed by atoms with Crippen molar-refractivity contribution in [2.75, 3.05) is 32.8 Å². The van der Waals surface area contributed by atoms with Crippen molar-refractivity contribution in [2.24, 2.45) is 0 Å². The lowest BCUT2D eigenvalue weighted by Gasteiger charge is -2.38. The summed E-state index contributed by atoms with van der Waals surface area (Å²) in [6.45, 7) is 5.43. The largest absolute Gasteiger partial charge is 0.379 e. The van der Waals surface area contributed by atoms with E-state index in [1.165, 1.54) is 43.9 Å². The second-order valence-corrected chi connectivity index (χ2v) is 11.0. The van der Waals surface area contributed by atoms with E-state index in [0.29, 0.717) is 0 Å². The van der Waals surface area contributed by atoms with E-state index in [0.717, 1.165) is 26.3 Å². The zero-order valence-electron chi connectivity index (χ0n) is 12.5.